The Bertz CT molecular complexity index is 791. The van der Waals surface area contributed by atoms with Crippen molar-refractivity contribution < 1.29 is 14.3 Å². The Morgan fingerprint density at radius 2 is 2.07 bits per heavy atom. The van der Waals surface area contributed by atoms with E-state index in [4.69, 9.17) is 4.74 Å². The van der Waals surface area contributed by atoms with E-state index in [1.807, 2.05) is 38.2 Å². The predicted octanol–water partition coefficient (Wildman–Crippen LogP) is 2.66. The van der Waals surface area contributed by atoms with Crippen LogP contribution in [0.25, 0.3) is 5.69 Å². The van der Waals surface area contributed by atoms with E-state index in [2.05, 4.69) is 10.1 Å². The second kappa shape index (κ2) is 8.86. The van der Waals surface area contributed by atoms with E-state index >= 15 is 0 Å². The van der Waals surface area contributed by atoms with E-state index in [1.54, 1.807) is 27.7 Å². The molecule has 2 unspecified atom stereocenters. The SMILES string of the molecule is CCOC(=O)N1CCCC(C(=O)N(C)C(C)c2ccc(-n3cncn3)cc2)C1. The average Bonchev–Trinajstić information content (AvgIpc) is 3.27. The molecule has 1 saturated heterocycles. The molecule has 3 rings (SSSR count). The molecule has 28 heavy (non-hydrogen) atoms. The molecule has 1 aliphatic rings. The fourth-order valence-electron chi connectivity index (χ4n) is 3.51. The number of hydrogen-bond acceptors (Lipinski definition) is 5. The van der Waals surface area contributed by atoms with Crippen molar-refractivity contribution in [1.82, 2.24) is 24.6 Å². The van der Waals surface area contributed by atoms with Crippen LogP contribution in [-0.2, 0) is 9.53 Å². The van der Waals surface area contributed by atoms with E-state index in [9.17, 15) is 9.59 Å². The quantitative estimate of drug-likeness (QED) is 0.790. The molecule has 2 aromatic rings. The third kappa shape index (κ3) is 4.32. The average molecular weight is 385 g/mol. The van der Waals surface area contributed by atoms with E-state index in [-0.39, 0.29) is 24.0 Å². The number of carbonyl (C=O) groups excluding carboxylic acids is 2. The summed E-state index contributed by atoms with van der Waals surface area (Å²) in [6.45, 7) is 5.20. The largest absolute Gasteiger partial charge is 0.450 e. The van der Waals surface area contributed by atoms with Gasteiger partial charge in [-0.25, -0.2) is 14.5 Å². The molecule has 8 heteroatoms. The van der Waals surface area contributed by atoms with Crippen LogP contribution in [0.3, 0.4) is 0 Å². The van der Waals surface area contributed by atoms with Crippen molar-refractivity contribution in [3.05, 3.63) is 42.5 Å². The molecule has 1 fully saturated rings. The van der Waals surface area contributed by atoms with Crippen LogP contribution in [0, 0.1) is 5.92 Å². The lowest BCUT2D eigenvalue weighted by Gasteiger charge is -2.35. The maximum Gasteiger partial charge on any atom is 0.409 e. The Morgan fingerprint density at radius 3 is 2.71 bits per heavy atom. The van der Waals surface area contributed by atoms with Gasteiger partial charge in [0.1, 0.15) is 12.7 Å². The number of nitrogens with zero attached hydrogens (tertiary/aromatic N) is 5. The number of rotatable bonds is 5. The molecule has 0 aliphatic carbocycles. The van der Waals surface area contributed by atoms with Gasteiger partial charge >= 0.3 is 6.09 Å². The van der Waals surface area contributed by atoms with E-state index in [0.717, 1.165) is 24.1 Å². The van der Waals surface area contributed by atoms with Gasteiger partial charge in [0.2, 0.25) is 5.91 Å². The molecule has 1 aromatic heterocycles. The first kappa shape index (κ1) is 19.9. The van der Waals surface area contributed by atoms with Gasteiger partial charge in [0.05, 0.1) is 24.3 Å². The van der Waals surface area contributed by atoms with Crippen molar-refractivity contribution in [2.24, 2.45) is 5.92 Å². The van der Waals surface area contributed by atoms with E-state index in [1.165, 1.54) is 6.33 Å². The van der Waals surface area contributed by atoms with Crippen molar-refractivity contribution in [3.8, 4) is 5.69 Å². The Balaban J connectivity index is 1.64. The predicted molar refractivity (Wildman–Crippen MR) is 104 cm³/mol. The molecule has 2 atom stereocenters. The number of aromatic nitrogens is 3. The molecular formula is C20H27N5O3. The molecule has 0 spiro atoms. The molecule has 0 N–H and O–H groups in total. The fraction of sp³-hybridized carbons (Fsp3) is 0.500. The molecule has 0 bridgehead atoms. The van der Waals surface area contributed by atoms with Crippen LogP contribution in [0.1, 0.15) is 38.3 Å². The van der Waals surface area contributed by atoms with Gasteiger partial charge in [-0.3, -0.25) is 4.79 Å². The maximum absolute atomic E-state index is 13.0. The Morgan fingerprint density at radius 1 is 1.32 bits per heavy atom. The lowest BCUT2D eigenvalue weighted by atomic mass is 9.95. The standard InChI is InChI=1S/C20H27N5O3/c1-4-28-20(27)24-11-5-6-17(12-24)19(26)23(3)15(2)16-7-9-18(10-8-16)25-14-21-13-22-25/h7-10,13-15,17H,4-6,11-12H2,1-3H3. The van der Waals surface area contributed by atoms with Crippen LogP contribution in [0.5, 0.6) is 0 Å². The molecule has 8 nitrogen and oxygen atoms in total. The van der Waals surface area contributed by atoms with Gasteiger partial charge in [0.25, 0.3) is 0 Å². The minimum Gasteiger partial charge on any atom is -0.450 e. The van der Waals surface area contributed by atoms with Crippen LogP contribution in [-0.4, -0.2) is 63.3 Å². The Labute approximate surface area is 165 Å². The van der Waals surface area contributed by atoms with Crippen LogP contribution >= 0.6 is 0 Å². The summed E-state index contributed by atoms with van der Waals surface area (Å²) in [6, 6.07) is 7.84. The number of benzene rings is 1. The number of amides is 2. The van der Waals surface area contributed by atoms with Gasteiger partial charge in [-0.2, -0.15) is 5.10 Å². The molecular weight excluding hydrogens is 358 g/mol. The molecule has 2 amide bonds. The summed E-state index contributed by atoms with van der Waals surface area (Å²) in [7, 11) is 1.82. The number of carbonyl (C=O) groups is 2. The highest BCUT2D eigenvalue weighted by molar-refractivity contribution is 5.80. The van der Waals surface area contributed by atoms with Gasteiger partial charge < -0.3 is 14.5 Å². The summed E-state index contributed by atoms with van der Waals surface area (Å²) in [6.07, 6.45) is 4.40. The number of hydrogen-bond donors (Lipinski definition) is 0. The summed E-state index contributed by atoms with van der Waals surface area (Å²) in [5.41, 5.74) is 1.96. The molecule has 2 heterocycles. The molecule has 1 aliphatic heterocycles. The van der Waals surface area contributed by atoms with Crippen molar-refractivity contribution in [3.63, 3.8) is 0 Å². The topological polar surface area (TPSA) is 80.6 Å². The maximum atomic E-state index is 13.0. The van der Waals surface area contributed by atoms with E-state index < -0.39 is 0 Å². The molecule has 150 valence electrons. The van der Waals surface area contributed by atoms with Crippen molar-refractivity contribution >= 4 is 12.0 Å². The second-order valence-electron chi connectivity index (χ2n) is 7.04. The first-order valence-corrected chi connectivity index (χ1v) is 9.64. The summed E-state index contributed by atoms with van der Waals surface area (Å²) in [4.78, 5) is 32.4. The highest BCUT2D eigenvalue weighted by Gasteiger charge is 2.32. The lowest BCUT2D eigenvalue weighted by Crippen LogP contribution is -2.46. The van der Waals surface area contributed by atoms with Gasteiger partial charge in [0, 0.05) is 20.1 Å². The minimum absolute atomic E-state index is 0.0573. The first-order valence-electron chi connectivity index (χ1n) is 9.64. The first-order chi connectivity index (χ1) is 13.5. The molecule has 0 radical (unpaired) electrons. The van der Waals surface area contributed by atoms with Gasteiger partial charge in [-0.15, -0.1) is 0 Å². The minimum atomic E-state index is -0.334. The van der Waals surface area contributed by atoms with Gasteiger partial charge in [0.15, 0.2) is 0 Å². The van der Waals surface area contributed by atoms with Crippen LogP contribution in [0.2, 0.25) is 0 Å². The normalized spacial score (nSPS) is 17.8. The van der Waals surface area contributed by atoms with Crippen molar-refractivity contribution in [1.29, 1.82) is 0 Å². The van der Waals surface area contributed by atoms with E-state index in [0.29, 0.717) is 19.7 Å². The van der Waals surface area contributed by atoms with Crippen LogP contribution < -0.4 is 0 Å². The third-order valence-corrected chi connectivity index (χ3v) is 5.28. The number of piperidine rings is 1. The molecule has 1 aromatic carbocycles. The smallest absolute Gasteiger partial charge is 0.409 e. The molecule has 0 saturated carbocycles. The number of ether oxygens (including phenoxy) is 1. The number of likely N-dealkylation sites (tertiary alicyclic amines) is 1. The Hall–Kier alpha value is -2.90. The summed E-state index contributed by atoms with van der Waals surface area (Å²) in [5.74, 6) is -0.137. The van der Waals surface area contributed by atoms with Gasteiger partial charge in [-0.1, -0.05) is 12.1 Å². The fourth-order valence-corrected chi connectivity index (χ4v) is 3.51. The second-order valence-corrected chi connectivity index (χ2v) is 7.04. The zero-order chi connectivity index (χ0) is 20.1. The summed E-state index contributed by atoms with van der Waals surface area (Å²) in [5, 5.41) is 4.12. The summed E-state index contributed by atoms with van der Waals surface area (Å²) < 4.78 is 6.77. The zero-order valence-electron chi connectivity index (χ0n) is 16.6. The Kier molecular flexibility index (Phi) is 6.28. The zero-order valence-corrected chi connectivity index (χ0v) is 16.6. The highest BCUT2D eigenvalue weighted by Crippen LogP contribution is 2.25. The van der Waals surface area contributed by atoms with Crippen LogP contribution in [0.15, 0.2) is 36.9 Å². The highest BCUT2D eigenvalue weighted by atomic mass is 16.6. The third-order valence-electron chi connectivity index (χ3n) is 5.28. The summed E-state index contributed by atoms with van der Waals surface area (Å²) >= 11 is 0. The monoisotopic (exact) mass is 385 g/mol. The lowest BCUT2D eigenvalue weighted by molar-refractivity contribution is -0.137. The van der Waals surface area contributed by atoms with Gasteiger partial charge in [-0.05, 0) is 44.4 Å². The van der Waals surface area contributed by atoms with Crippen LogP contribution in [0.4, 0.5) is 4.79 Å². The van der Waals surface area contributed by atoms with Crippen molar-refractivity contribution in [2.45, 2.75) is 32.7 Å². The van der Waals surface area contributed by atoms with Crippen molar-refractivity contribution in [2.75, 3.05) is 26.7 Å².